The summed E-state index contributed by atoms with van der Waals surface area (Å²) in [5, 5.41) is 8.52. The van der Waals surface area contributed by atoms with E-state index in [4.69, 9.17) is 5.11 Å². The van der Waals surface area contributed by atoms with Gasteiger partial charge in [0.1, 0.15) is 5.82 Å². The van der Waals surface area contributed by atoms with Crippen LogP contribution in [0.5, 0.6) is 0 Å². The van der Waals surface area contributed by atoms with Crippen molar-refractivity contribution in [3.63, 3.8) is 0 Å². The first kappa shape index (κ1) is 13.7. The lowest BCUT2D eigenvalue weighted by Crippen LogP contribution is -2.01. The third-order valence-corrected chi connectivity index (χ3v) is 2.70. The van der Waals surface area contributed by atoms with Gasteiger partial charge in [-0.2, -0.15) is 0 Å². The molecule has 0 saturated heterocycles. The fourth-order valence-electron chi connectivity index (χ4n) is 1.68. The van der Waals surface area contributed by atoms with E-state index >= 15 is 0 Å². The summed E-state index contributed by atoms with van der Waals surface area (Å²) >= 11 is 0. The molecule has 3 nitrogen and oxygen atoms in total. The van der Waals surface area contributed by atoms with Crippen LogP contribution in [0.2, 0.25) is 0 Å². The normalized spacial score (nSPS) is 10.7. The Bertz CT molecular complexity index is 655. The Morgan fingerprint density at radius 3 is 1.90 bits per heavy atom. The molecule has 2 aromatic carbocycles. The molecule has 0 saturated carbocycles. The first-order valence-corrected chi connectivity index (χ1v) is 5.87. The molecule has 20 heavy (non-hydrogen) atoms. The van der Waals surface area contributed by atoms with Gasteiger partial charge in [0.2, 0.25) is 0 Å². The largest absolute Gasteiger partial charge is 0.478 e. The van der Waals surface area contributed by atoms with Crippen LogP contribution in [-0.4, -0.2) is 16.9 Å². The van der Waals surface area contributed by atoms with Crippen LogP contribution in [0, 0.1) is 5.82 Å². The van der Waals surface area contributed by atoms with E-state index in [2.05, 4.69) is 0 Å². The minimum absolute atomic E-state index is 0.209. The van der Waals surface area contributed by atoms with Crippen LogP contribution in [0.25, 0.3) is 6.08 Å². The van der Waals surface area contributed by atoms with E-state index in [1.165, 1.54) is 30.3 Å². The molecule has 100 valence electrons. The summed E-state index contributed by atoms with van der Waals surface area (Å²) in [4.78, 5) is 22.5. The molecule has 0 amide bonds. The average molecular weight is 270 g/mol. The number of carbonyl (C=O) groups excluding carboxylic acids is 1. The molecular weight excluding hydrogens is 259 g/mol. The van der Waals surface area contributed by atoms with Gasteiger partial charge in [0.05, 0.1) is 0 Å². The Balaban J connectivity index is 2.19. The zero-order valence-corrected chi connectivity index (χ0v) is 10.4. The van der Waals surface area contributed by atoms with E-state index < -0.39 is 11.8 Å². The topological polar surface area (TPSA) is 54.4 Å². The van der Waals surface area contributed by atoms with Crippen LogP contribution in [0.1, 0.15) is 21.5 Å². The molecule has 0 aliphatic rings. The lowest BCUT2D eigenvalue weighted by atomic mass is 10.0. The summed E-state index contributed by atoms with van der Waals surface area (Å²) in [6.45, 7) is 0. The number of halogens is 1. The number of rotatable bonds is 4. The third-order valence-electron chi connectivity index (χ3n) is 2.70. The molecular formula is C16H11FO3. The van der Waals surface area contributed by atoms with Crippen molar-refractivity contribution in [3.05, 3.63) is 77.1 Å². The maximum Gasteiger partial charge on any atom is 0.328 e. The molecule has 0 radical (unpaired) electrons. The van der Waals surface area contributed by atoms with Crippen molar-refractivity contribution in [3.8, 4) is 0 Å². The quantitative estimate of drug-likeness (QED) is 0.686. The van der Waals surface area contributed by atoms with Gasteiger partial charge in [-0.1, -0.05) is 24.3 Å². The van der Waals surface area contributed by atoms with E-state index in [-0.39, 0.29) is 5.78 Å². The van der Waals surface area contributed by atoms with Crippen LogP contribution in [-0.2, 0) is 4.79 Å². The van der Waals surface area contributed by atoms with E-state index in [0.29, 0.717) is 16.7 Å². The molecule has 4 heteroatoms. The molecule has 0 aliphatic heterocycles. The monoisotopic (exact) mass is 270 g/mol. The summed E-state index contributed by atoms with van der Waals surface area (Å²) in [5.74, 6) is -1.63. The molecule has 1 N–H and O–H groups in total. The summed E-state index contributed by atoms with van der Waals surface area (Å²) in [7, 11) is 0. The van der Waals surface area contributed by atoms with Crippen molar-refractivity contribution in [1.82, 2.24) is 0 Å². The van der Waals surface area contributed by atoms with E-state index in [1.807, 2.05) is 0 Å². The number of hydrogen-bond donors (Lipinski definition) is 1. The van der Waals surface area contributed by atoms with Crippen LogP contribution in [0.4, 0.5) is 4.39 Å². The Morgan fingerprint density at radius 1 is 0.900 bits per heavy atom. The average Bonchev–Trinajstić information content (AvgIpc) is 2.46. The van der Waals surface area contributed by atoms with E-state index in [0.717, 1.165) is 6.08 Å². The van der Waals surface area contributed by atoms with Crippen molar-refractivity contribution >= 4 is 17.8 Å². The number of aliphatic carboxylic acids is 1. The molecule has 0 atom stereocenters. The number of carboxylic acid groups (broad SMARTS) is 1. The second kappa shape index (κ2) is 5.93. The van der Waals surface area contributed by atoms with Crippen LogP contribution in [0.3, 0.4) is 0 Å². The van der Waals surface area contributed by atoms with Crippen molar-refractivity contribution in [2.24, 2.45) is 0 Å². The van der Waals surface area contributed by atoms with Gasteiger partial charge in [-0.15, -0.1) is 0 Å². The van der Waals surface area contributed by atoms with Crippen molar-refractivity contribution in [2.45, 2.75) is 0 Å². The number of carboxylic acids is 1. The summed E-state index contributed by atoms with van der Waals surface area (Å²) in [5.41, 5.74) is 1.55. The fourth-order valence-corrected chi connectivity index (χ4v) is 1.68. The highest BCUT2D eigenvalue weighted by Gasteiger charge is 2.08. The minimum Gasteiger partial charge on any atom is -0.478 e. The molecule has 0 aromatic heterocycles. The number of benzene rings is 2. The number of carbonyl (C=O) groups is 2. The second-order valence-corrected chi connectivity index (χ2v) is 4.13. The first-order chi connectivity index (χ1) is 9.56. The van der Waals surface area contributed by atoms with Gasteiger partial charge in [-0.25, -0.2) is 9.18 Å². The fraction of sp³-hybridized carbons (Fsp3) is 0. The van der Waals surface area contributed by atoms with Gasteiger partial charge < -0.3 is 5.11 Å². The molecule has 2 rings (SSSR count). The zero-order chi connectivity index (χ0) is 14.5. The van der Waals surface area contributed by atoms with Gasteiger partial charge >= 0.3 is 5.97 Å². The Hall–Kier alpha value is -2.75. The van der Waals surface area contributed by atoms with Gasteiger partial charge in [-0.05, 0) is 35.9 Å². The van der Waals surface area contributed by atoms with Gasteiger partial charge in [0, 0.05) is 17.2 Å². The van der Waals surface area contributed by atoms with Gasteiger partial charge in [0.15, 0.2) is 5.78 Å². The second-order valence-electron chi connectivity index (χ2n) is 4.13. The molecule has 0 heterocycles. The number of hydrogen-bond acceptors (Lipinski definition) is 2. The highest BCUT2D eigenvalue weighted by molar-refractivity contribution is 6.09. The van der Waals surface area contributed by atoms with Crippen molar-refractivity contribution in [1.29, 1.82) is 0 Å². The van der Waals surface area contributed by atoms with Gasteiger partial charge in [-0.3, -0.25) is 4.79 Å². The smallest absolute Gasteiger partial charge is 0.328 e. The predicted octanol–water partition coefficient (Wildman–Crippen LogP) is 3.15. The standard InChI is InChI=1S/C16H11FO3/c17-14-8-6-13(7-9-14)16(20)12-4-1-11(2-5-12)3-10-15(18)19/h1-10H,(H,18,19)/b10-3+. The summed E-state index contributed by atoms with van der Waals surface area (Å²) < 4.78 is 12.8. The molecule has 2 aromatic rings. The van der Waals surface area contributed by atoms with Crippen LogP contribution in [0.15, 0.2) is 54.6 Å². The molecule has 0 aliphatic carbocycles. The van der Waals surface area contributed by atoms with Crippen molar-refractivity contribution in [2.75, 3.05) is 0 Å². The number of ketones is 1. The third kappa shape index (κ3) is 3.38. The Labute approximate surface area is 115 Å². The predicted molar refractivity (Wildman–Crippen MR) is 72.9 cm³/mol. The zero-order valence-electron chi connectivity index (χ0n) is 10.4. The van der Waals surface area contributed by atoms with E-state index in [1.54, 1.807) is 24.3 Å². The van der Waals surface area contributed by atoms with Gasteiger partial charge in [0.25, 0.3) is 0 Å². The first-order valence-electron chi connectivity index (χ1n) is 5.87. The summed E-state index contributed by atoms with van der Waals surface area (Å²) in [6, 6.07) is 11.8. The van der Waals surface area contributed by atoms with Crippen molar-refractivity contribution < 1.29 is 19.1 Å². The van der Waals surface area contributed by atoms with Crippen LogP contribution < -0.4 is 0 Å². The SMILES string of the molecule is O=C(O)/C=C/c1ccc(C(=O)c2ccc(F)cc2)cc1. The lowest BCUT2D eigenvalue weighted by Gasteiger charge is -2.02. The Morgan fingerprint density at radius 2 is 1.40 bits per heavy atom. The molecule has 0 fully saturated rings. The molecule has 0 unspecified atom stereocenters. The lowest BCUT2D eigenvalue weighted by molar-refractivity contribution is -0.131. The minimum atomic E-state index is -1.03. The highest BCUT2D eigenvalue weighted by atomic mass is 19.1. The molecule has 0 spiro atoms. The van der Waals surface area contributed by atoms with E-state index in [9.17, 15) is 14.0 Å². The highest BCUT2D eigenvalue weighted by Crippen LogP contribution is 2.12. The summed E-state index contributed by atoms with van der Waals surface area (Å²) in [6.07, 6.45) is 2.46. The maximum absolute atomic E-state index is 12.8. The van der Waals surface area contributed by atoms with Crippen LogP contribution >= 0.6 is 0 Å². The maximum atomic E-state index is 12.8. The Kier molecular flexibility index (Phi) is 4.05. The molecule has 0 bridgehead atoms.